The van der Waals surface area contributed by atoms with Gasteiger partial charge in [-0.2, -0.15) is 0 Å². The van der Waals surface area contributed by atoms with Crippen LogP contribution >= 0.6 is 11.6 Å². The molecule has 0 spiro atoms. The number of nitrogens with zero attached hydrogens (tertiary/aromatic N) is 1. The second kappa shape index (κ2) is 6.80. The summed E-state index contributed by atoms with van der Waals surface area (Å²) in [5.74, 6) is -0.217. The van der Waals surface area contributed by atoms with Gasteiger partial charge in [0, 0.05) is 6.54 Å². The van der Waals surface area contributed by atoms with Crippen LogP contribution < -0.4 is 10.6 Å². The first-order valence-electron chi connectivity index (χ1n) is 5.49. The van der Waals surface area contributed by atoms with Crippen molar-refractivity contribution in [1.29, 1.82) is 0 Å². The molecule has 0 aliphatic heterocycles. The van der Waals surface area contributed by atoms with Crippen molar-refractivity contribution >= 4 is 28.9 Å². The molecule has 1 aromatic carbocycles. The van der Waals surface area contributed by atoms with Gasteiger partial charge in [-0.3, -0.25) is 14.9 Å². The van der Waals surface area contributed by atoms with Gasteiger partial charge in [-0.1, -0.05) is 24.6 Å². The molecule has 0 aliphatic rings. The average Bonchev–Trinajstić information content (AvgIpc) is 2.33. The highest BCUT2D eigenvalue weighted by atomic mass is 35.5. The van der Waals surface area contributed by atoms with E-state index in [1.54, 1.807) is 6.07 Å². The van der Waals surface area contributed by atoms with Gasteiger partial charge in [-0.05, 0) is 18.6 Å². The van der Waals surface area contributed by atoms with Gasteiger partial charge in [0.15, 0.2) is 0 Å². The Balaban J connectivity index is 2.70. The fourth-order valence-corrected chi connectivity index (χ4v) is 1.59. The Kier molecular flexibility index (Phi) is 5.38. The van der Waals surface area contributed by atoms with E-state index in [9.17, 15) is 14.9 Å². The van der Waals surface area contributed by atoms with Crippen molar-refractivity contribution in [1.82, 2.24) is 5.32 Å². The van der Waals surface area contributed by atoms with E-state index in [1.807, 2.05) is 6.92 Å². The van der Waals surface area contributed by atoms with Crippen LogP contribution in [0.1, 0.15) is 13.3 Å². The molecule has 0 bridgehead atoms. The van der Waals surface area contributed by atoms with E-state index in [2.05, 4.69) is 10.6 Å². The smallest absolute Gasteiger partial charge is 0.310 e. The van der Waals surface area contributed by atoms with E-state index >= 15 is 0 Å². The fourth-order valence-electron chi connectivity index (χ4n) is 1.35. The normalized spacial score (nSPS) is 9.89. The molecule has 0 saturated carbocycles. The minimum absolute atomic E-state index is 0.0266. The molecule has 7 heteroatoms. The molecule has 1 aromatic rings. The summed E-state index contributed by atoms with van der Waals surface area (Å²) in [7, 11) is 0. The third-order valence-electron chi connectivity index (χ3n) is 2.18. The van der Waals surface area contributed by atoms with Crippen molar-refractivity contribution < 1.29 is 9.72 Å². The van der Waals surface area contributed by atoms with E-state index in [0.29, 0.717) is 6.54 Å². The zero-order chi connectivity index (χ0) is 13.5. The number of hydrogen-bond acceptors (Lipinski definition) is 4. The number of para-hydroxylation sites is 1. The van der Waals surface area contributed by atoms with Crippen molar-refractivity contribution in [2.24, 2.45) is 0 Å². The van der Waals surface area contributed by atoms with Gasteiger partial charge in [0.2, 0.25) is 5.91 Å². The average molecular weight is 272 g/mol. The predicted octanol–water partition coefficient (Wildman–Crippen LogP) is 2.19. The Morgan fingerprint density at radius 3 is 2.83 bits per heavy atom. The van der Waals surface area contributed by atoms with Crippen molar-refractivity contribution in [2.75, 3.05) is 18.4 Å². The van der Waals surface area contributed by atoms with Crippen LogP contribution in [0.2, 0.25) is 5.02 Å². The standard InChI is InChI=1S/C11H14ClN3O3/c1-2-6-13-10(16)7-14-9-5-3-4-8(12)11(9)15(17)18/h3-5,14H,2,6-7H2,1H3,(H,13,16). The molecule has 0 fully saturated rings. The molecule has 0 saturated heterocycles. The number of rotatable bonds is 6. The first-order chi connectivity index (χ1) is 8.56. The lowest BCUT2D eigenvalue weighted by atomic mass is 10.2. The minimum Gasteiger partial charge on any atom is -0.371 e. The molecule has 6 nitrogen and oxygen atoms in total. The van der Waals surface area contributed by atoms with Crippen molar-refractivity contribution in [2.45, 2.75) is 13.3 Å². The molecule has 1 amide bonds. The van der Waals surface area contributed by atoms with Crippen LogP contribution in [0, 0.1) is 10.1 Å². The summed E-state index contributed by atoms with van der Waals surface area (Å²) in [5.41, 5.74) is 0.0154. The second-order valence-electron chi connectivity index (χ2n) is 3.60. The molecule has 1 rings (SSSR count). The number of halogens is 1. The van der Waals surface area contributed by atoms with Crippen LogP contribution in [0.15, 0.2) is 18.2 Å². The Morgan fingerprint density at radius 1 is 1.50 bits per heavy atom. The topological polar surface area (TPSA) is 84.3 Å². The summed E-state index contributed by atoms with van der Waals surface area (Å²) in [6.45, 7) is 2.49. The highest BCUT2D eigenvalue weighted by Gasteiger charge is 2.18. The van der Waals surface area contributed by atoms with E-state index in [4.69, 9.17) is 11.6 Å². The highest BCUT2D eigenvalue weighted by molar-refractivity contribution is 6.33. The van der Waals surface area contributed by atoms with E-state index in [-0.39, 0.29) is 28.8 Å². The van der Waals surface area contributed by atoms with Crippen LogP contribution in [0.4, 0.5) is 11.4 Å². The van der Waals surface area contributed by atoms with Crippen LogP contribution in [0.25, 0.3) is 0 Å². The third kappa shape index (κ3) is 3.89. The largest absolute Gasteiger partial charge is 0.371 e. The van der Waals surface area contributed by atoms with Crippen molar-refractivity contribution in [3.05, 3.63) is 33.3 Å². The van der Waals surface area contributed by atoms with Crippen molar-refractivity contribution in [3.63, 3.8) is 0 Å². The number of amides is 1. The third-order valence-corrected chi connectivity index (χ3v) is 2.49. The minimum atomic E-state index is -0.575. The monoisotopic (exact) mass is 271 g/mol. The van der Waals surface area contributed by atoms with Crippen LogP contribution in [0.3, 0.4) is 0 Å². The quantitative estimate of drug-likeness (QED) is 0.613. The molecule has 0 aromatic heterocycles. The van der Waals surface area contributed by atoms with Gasteiger partial charge in [0.05, 0.1) is 11.5 Å². The molecule has 0 atom stereocenters. The zero-order valence-electron chi connectivity index (χ0n) is 9.90. The molecule has 2 N–H and O–H groups in total. The Bertz CT molecular complexity index is 451. The molecule has 0 aliphatic carbocycles. The first-order valence-corrected chi connectivity index (χ1v) is 5.87. The number of nitrogens with one attached hydrogen (secondary N) is 2. The summed E-state index contributed by atoms with van der Waals surface area (Å²) in [5, 5.41) is 16.2. The second-order valence-corrected chi connectivity index (χ2v) is 4.00. The molecule has 0 radical (unpaired) electrons. The number of anilines is 1. The lowest BCUT2D eigenvalue weighted by Gasteiger charge is -2.08. The van der Waals surface area contributed by atoms with Gasteiger partial charge in [-0.15, -0.1) is 0 Å². The molecule has 18 heavy (non-hydrogen) atoms. The maximum absolute atomic E-state index is 11.4. The lowest BCUT2D eigenvalue weighted by Crippen LogP contribution is -2.30. The summed E-state index contributed by atoms with van der Waals surface area (Å²) in [6.07, 6.45) is 0.836. The van der Waals surface area contributed by atoms with Gasteiger partial charge >= 0.3 is 5.69 Å². The zero-order valence-corrected chi connectivity index (χ0v) is 10.7. The molecule has 98 valence electrons. The summed E-state index contributed by atoms with van der Waals surface area (Å²) < 4.78 is 0. The summed E-state index contributed by atoms with van der Waals surface area (Å²) >= 11 is 5.74. The molecule has 0 heterocycles. The lowest BCUT2D eigenvalue weighted by molar-refractivity contribution is -0.383. The summed E-state index contributed by atoms with van der Waals surface area (Å²) in [4.78, 5) is 21.6. The summed E-state index contributed by atoms with van der Waals surface area (Å²) in [6, 6.07) is 4.53. The Hall–Kier alpha value is -1.82. The van der Waals surface area contributed by atoms with Crippen LogP contribution in [-0.4, -0.2) is 23.9 Å². The predicted molar refractivity (Wildman–Crippen MR) is 69.9 cm³/mol. The Morgan fingerprint density at radius 2 is 2.22 bits per heavy atom. The SMILES string of the molecule is CCCNC(=O)CNc1cccc(Cl)c1[N+](=O)[O-]. The Labute approximate surface area is 109 Å². The van der Waals surface area contributed by atoms with Gasteiger partial charge in [0.25, 0.3) is 0 Å². The van der Waals surface area contributed by atoms with Crippen molar-refractivity contribution in [3.8, 4) is 0 Å². The number of carbonyl (C=O) groups is 1. The number of benzene rings is 1. The number of hydrogen-bond donors (Lipinski definition) is 2. The molecular weight excluding hydrogens is 258 g/mol. The van der Waals surface area contributed by atoms with E-state index < -0.39 is 4.92 Å². The maximum Gasteiger partial charge on any atom is 0.310 e. The van der Waals surface area contributed by atoms with Crippen LogP contribution in [-0.2, 0) is 4.79 Å². The van der Waals surface area contributed by atoms with Crippen LogP contribution in [0.5, 0.6) is 0 Å². The van der Waals surface area contributed by atoms with E-state index in [0.717, 1.165) is 6.42 Å². The molecular formula is C11H14ClN3O3. The molecule has 0 unspecified atom stereocenters. The van der Waals surface area contributed by atoms with E-state index in [1.165, 1.54) is 12.1 Å². The fraction of sp³-hybridized carbons (Fsp3) is 0.364. The number of nitro groups is 1. The van der Waals surface area contributed by atoms with Gasteiger partial charge in [0.1, 0.15) is 10.7 Å². The van der Waals surface area contributed by atoms with Gasteiger partial charge in [-0.25, -0.2) is 0 Å². The number of carbonyl (C=O) groups excluding carboxylic acids is 1. The maximum atomic E-state index is 11.4. The van der Waals surface area contributed by atoms with Gasteiger partial charge < -0.3 is 10.6 Å². The first kappa shape index (κ1) is 14.2. The highest BCUT2D eigenvalue weighted by Crippen LogP contribution is 2.31. The number of nitro benzene ring substituents is 1.